The Morgan fingerprint density at radius 3 is 2.50 bits per heavy atom. The van der Waals surface area contributed by atoms with Crippen molar-refractivity contribution in [3.8, 4) is 11.3 Å². The zero-order chi connectivity index (χ0) is 26.5. The lowest BCUT2D eigenvalue weighted by Crippen LogP contribution is -2.46. The molecule has 0 saturated carbocycles. The van der Waals surface area contributed by atoms with E-state index in [2.05, 4.69) is 47.8 Å². The molecule has 1 fully saturated rings. The number of piperazine rings is 1. The molecule has 0 spiro atoms. The van der Waals surface area contributed by atoms with Crippen LogP contribution < -0.4 is 20.9 Å². The Morgan fingerprint density at radius 1 is 1.00 bits per heavy atom. The molecule has 1 aliphatic heterocycles. The van der Waals surface area contributed by atoms with Crippen molar-refractivity contribution in [3.05, 3.63) is 53.4 Å². The molecule has 0 radical (unpaired) electrons. The molecule has 4 aromatic rings. The van der Waals surface area contributed by atoms with Crippen LogP contribution in [0.25, 0.3) is 11.3 Å². The number of likely N-dealkylation sites (N-methyl/N-ethyl adjacent to an activating group) is 1. The summed E-state index contributed by atoms with van der Waals surface area (Å²) >= 11 is 1.51. The third-order valence-corrected chi connectivity index (χ3v) is 7.05. The van der Waals surface area contributed by atoms with Gasteiger partial charge in [-0.3, -0.25) is 5.32 Å². The molecule has 1 aliphatic rings. The number of amides is 2. The van der Waals surface area contributed by atoms with E-state index >= 15 is 0 Å². The van der Waals surface area contributed by atoms with Crippen LogP contribution in [0.1, 0.15) is 25.4 Å². The summed E-state index contributed by atoms with van der Waals surface area (Å²) in [5, 5.41) is 15.4. The zero-order valence-electron chi connectivity index (χ0n) is 21.7. The van der Waals surface area contributed by atoms with Gasteiger partial charge in [-0.1, -0.05) is 31.1 Å². The molecule has 2 amide bonds. The van der Waals surface area contributed by atoms with Crippen LogP contribution in [0.4, 0.5) is 33.1 Å². The highest BCUT2D eigenvalue weighted by molar-refractivity contribution is 7.14. The molecule has 1 saturated heterocycles. The zero-order valence-corrected chi connectivity index (χ0v) is 22.5. The number of thiazole rings is 1. The maximum absolute atomic E-state index is 12.3. The number of nitrogens with zero attached hydrogens (tertiary/aromatic N) is 6. The van der Waals surface area contributed by atoms with Crippen LogP contribution in [0.3, 0.4) is 0 Å². The number of urea groups is 1. The van der Waals surface area contributed by atoms with E-state index < -0.39 is 0 Å². The number of nitrogens with one attached hydrogen (secondary N) is 3. The van der Waals surface area contributed by atoms with Crippen molar-refractivity contribution in [3.63, 3.8) is 0 Å². The van der Waals surface area contributed by atoms with Gasteiger partial charge in [-0.2, -0.15) is 0 Å². The Balaban J connectivity index is 1.20. The van der Waals surface area contributed by atoms with Gasteiger partial charge >= 0.3 is 6.03 Å². The van der Waals surface area contributed by atoms with E-state index in [-0.39, 0.29) is 6.03 Å². The normalized spacial score (nSPS) is 13.9. The summed E-state index contributed by atoms with van der Waals surface area (Å²) in [7, 11) is 0. The average Bonchev–Trinajstić information content (AvgIpc) is 3.58. The molecule has 3 aromatic heterocycles. The summed E-state index contributed by atoms with van der Waals surface area (Å²) in [5.74, 6) is 3.48. The number of aromatic nitrogens is 4. The highest BCUT2D eigenvalue weighted by Gasteiger charge is 2.18. The smallest absolute Gasteiger partial charge is 0.324 e. The molecular weight excluding hydrogens is 502 g/mol. The average molecular weight is 534 g/mol. The minimum atomic E-state index is -0.388. The highest BCUT2D eigenvalue weighted by Crippen LogP contribution is 2.28. The fourth-order valence-corrected chi connectivity index (χ4v) is 4.91. The van der Waals surface area contributed by atoms with Crippen LogP contribution in [0.15, 0.2) is 46.3 Å². The van der Waals surface area contributed by atoms with Crippen LogP contribution in [-0.4, -0.2) is 63.8 Å². The summed E-state index contributed by atoms with van der Waals surface area (Å²) in [6.45, 7) is 11.1. The van der Waals surface area contributed by atoms with Gasteiger partial charge in [-0.05, 0) is 25.6 Å². The SMILES string of the molecule is CCc1cc(NC(=O)Nc2ccc(-c3csc(Nc4cc(N5CCN(CC)CC5)nc(C)n4)n3)cc2)no1. The van der Waals surface area contributed by atoms with Crippen molar-refractivity contribution in [2.24, 2.45) is 0 Å². The number of anilines is 5. The number of hydrogen-bond donors (Lipinski definition) is 3. The third-order valence-electron chi connectivity index (χ3n) is 6.29. The first-order chi connectivity index (χ1) is 18.5. The second-order valence-corrected chi connectivity index (χ2v) is 9.79. The predicted molar refractivity (Wildman–Crippen MR) is 150 cm³/mol. The molecule has 0 aliphatic carbocycles. The standard InChI is InChI=1S/C26H31N9O2S/c1-4-20-14-23(33-37-20)31-25(36)29-19-8-6-18(7-9-19)21-16-38-26(30-21)32-22-15-24(28-17(3)27-22)35-12-10-34(5-2)11-13-35/h6-9,14-16H,4-5,10-13H2,1-3H3,(H,27,28,30,32)(H2,29,31,33,36). The Morgan fingerprint density at radius 2 is 1.79 bits per heavy atom. The Kier molecular flexibility index (Phi) is 7.80. The number of benzene rings is 1. The number of carbonyl (C=O) groups is 1. The fourth-order valence-electron chi connectivity index (χ4n) is 4.19. The fraction of sp³-hybridized carbons (Fsp3) is 0.346. The number of aryl methyl sites for hydroxylation is 2. The molecule has 4 heterocycles. The van der Waals surface area contributed by atoms with Gasteiger partial charge in [0.1, 0.15) is 23.2 Å². The van der Waals surface area contributed by atoms with Gasteiger partial charge in [0.15, 0.2) is 10.9 Å². The lowest BCUT2D eigenvalue weighted by atomic mass is 10.1. The molecule has 5 rings (SSSR count). The lowest BCUT2D eigenvalue weighted by Gasteiger charge is -2.34. The van der Waals surface area contributed by atoms with E-state index in [1.807, 2.05) is 49.6 Å². The number of rotatable bonds is 8. The van der Waals surface area contributed by atoms with E-state index in [0.717, 1.165) is 66.6 Å². The molecule has 0 unspecified atom stereocenters. The number of carbonyl (C=O) groups excluding carboxylic acids is 1. The van der Waals surface area contributed by atoms with Crippen molar-refractivity contribution in [1.82, 2.24) is 25.0 Å². The summed E-state index contributed by atoms with van der Waals surface area (Å²) in [4.78, 5) is 31.0. The molecule has 1 aromatic carbocycles. The maximum atomic E-state index is 12.3. The van der Waals surface area contributed by atoms with Gasteiger partial charge in [0, 0.05) is 61.4 Å². The largest absolute Gasteiger partial charge is 0.359 e. The first-order valence-corrected chi connectivity index (χ1v) is 13.6. The minimum Gasteiger partial charge on any atom is -0.359 e. The first kappa shape index (κ1) is 25.6. The van der Waals surface area contributed by atoms with Gasteiger partial charge in [0.25, 0.3) is 0 Å². The van der Waals surface area contributed by atoms with E-state index in [4.69, 9.17) is 9.51 Å². The third kappa shape index (κ3) is 6.26. The maximum Gasteiger partial charge on any atom is 0.324 e. The van der Waals surface area contributed by atoms with Gasteiger partial charge in [0.05, 0.1) is 5.69 Å². The van der Waals surface area contributed by atoms with Crippen LogP contribution in [-0.2, 0) is 6.42 Å². The molecule has 11 nitrogen and oxygen atoms in total. The summed E-state index contributed by atoms with van der Waals surface area (Å²) in [6.07, 6.45) is 0.710. The topological polar surface area (TPSA) is 124 Å². The van der Waals surface area contributed by atoms with Crippen LogP contribution in [0, 0.1) is 6.92 Å². The molecule has 0 atom stereocenters. The molecule has 0 bridgehead atoms. The van der Waals surface area contributed by atoms with Gasteiger partial charge < -0.3 is 25.0 Å². The first-order valence-electron chi connectivity index (χ1n) is 12.7. The van der Waals surface area contributed by atoms with Gasteiger partial charge in [0.2, 0.25) is 0 Å². The molecule has 3 N–H and O–H groups in total. The van der Waals surface area contributed by atoms with Crippen molar-refractivity contribution < 1.29 is 9.32 Å². The van der Waals surface area contributed by atoms with Crippen LogP contribution in [0.2, 0.25) is 0 Å². The summed E-state index contributed by atoms with van der Waals surface area (Å²) in [6, 6.07) is 10.8. The van der Waals surface area contributed by atoms with E-state index in [9.17, 15) is 4.79 Å². The van der Waals surface area contributed by atoms with Gasteiger partial charge in [-0.15, -0.1) is 11.3 Å². The van der Waals surface area contributed by atoms with Crippen molar-refractivity contribution in [2.75, 3.05) is 53.6 Å². The van der Waals surface area contributed by atoms with Gasteiger partial charge in [-0.25, -0.2) is 19.7 Å². The Labute approximate surface area is 225 Å². The van der Waals surface area contributed by atoms with Crippen LogP contribution in [0.5, 0.6) is 0 Å². The monoisotopic (exact) mass is 533 g/mol. The quantitative estimate of drug-likeness (QED) is 0.287. The lowest BCUT2D eigenvalue weighted by molar-refractivity contribution is 0.262. The number of hydrogen-bond acceptors (Lipinski definition) is 10. The van der Waals surface area contributed by atoms with E-state index in [1.54, 1.807) is 6.07 Å². The second-order valence-electron chi connectivity index (χ2n) is 8.93. The van der Waals surface area contributed by atoms with Crippen molar-refractivity contribution >= 4 is 45.6 Å². The highest BCUT2D eigenvalue weighted by atomic mass is 32.1. The molecule has 38 heavy (non-hydrogen) atoms. The van der Waals surface area contributed by atoms with E-state index in [1.165, 1.54) is 11.3 Å². The molecule has 198 valence electrons. The second kappa shape index (κ2) is 11.6. The predicted octanol–water partition coefficient (Wildman–Crippen LogP) is 4.99. The summed E-state index contributed by atoms with van der Waals surface area (Å²) < 4.78 is 5.10. The van der Waals surface area contributed by atoms with E-state index in [0.29, 0.717) is 23.7 Å². The Hall–Kier alpha value is -4.03. The van der Waals surface area contributed by atoms with Crippen LogP contribution >= 0.6 is 11.3 Å². The summed E-state index contributed by atoms with van der Waals surface area (Å²) in [5.41, 5.74) is 2.44. The van der Waals surface area contributed by atoms with Crippen molar-refractivity contribution in [1.29, 1.82) is 0 Å². The minimum absolute atomic E-state index is 0.378. The molecular formula is C26H31N9O2S. The molecule has 12 heteroatoms. The van der Waals surface area contributed by atoms with Crippen molar-refractivity contribution in [2.45, 2.75) is 27.2 Å². The Bertz CT molecular complexity index is 1380.